The summed E-state index contributed by atoms with van der Waals surface area (Å²) >= 11 is 5.66. The molecule has 115 heavy (non-hydrogen) atoms. The number of fused-ring (bicyclic) bond motifs is 9. The average Bonchev–Trinajstić information content (AvgIpc) is 0.795. The van der Waals surface area contributed by atoms with Gasteiger partial charge in [-0.05, 0) is 98.7 Å². The molecule has 0 amide bonds. The number of anilines is 1. The van der Waals surface area contributed by atoms with Crippen LogP contribution in [-0.2, 0) is 21.1 Å². The predicted octanol–water partition coefficient (Wildman–Crippen LogP) is 25.6. The number of nitro benzene ring substituents is 2. The summed E-state index contributed by atoms with van der Waals surface area (Å²) in [5.41, 5.74) is 21.9. The molecule has 16 heteroatoms. The second-order valence-electron chi connectivity index (χ2n) is 26.5. The Morgan fingerprint density at radius 3 is 1.19 bits per heavy atom. The summed E-state index contributed by atoms with van der Waals surface area (Å²) in [5.74, 6) is 0. The molecule has 2 N–H and O–H groups in total. The molecule has 0 saturated carbocycles. The fourth-order valence-electron chi connectivity index (χ4n) is 13.8. The molecule has 0 saturated heterocycles. The number of halogens is 1. The molecule has 0 unspecified atom stereocenters. The van der Waals surface area contributed by atoms with Crippen LogP contribution in [0.3, 0.4) is 0 Å². The van der Waals surface area contributed by atoms with Crippen LogP contribution in [0.15, 0.2) is 380 Å². The van der Waals surface area contributed by atoms with E-state index in [1.54, 1.807) is 30.3 Å². The number of nitro groups is 2. The van der Waals surface area contributed by atoms with Crippen LogP contribution in [0.1, 0.15) is 11.1 Å². The summed E-state index contributed by atoms with van der Waals surface area (Å²) in [7, 11) is 0. The van der Waals surface area contributed by atoms with Gasteiger partial charge in [-0.3, -0.25) is 30.2 Å². The van der Waals surface area contributed by atoms with Gasteiger partial charge in [-0.15, -0.1) is 70.9 Å². The summed E-state index contributed by atoms with van der Waals surface area (Å²) in [6.07, 6.45) is 3.72. The van der Waals surface area contributed by atoms with Crippen molar-refractivity contribution in [3.63, 3.8) is 0 Å². The van der Waals surface area contributed by atoms with Crippen LogP contribution in [0, 0.1) is 32.4 Å². The third-order valence-electron chi connectivity index (χ3n) is 19.3. The Morgan fingerprint density at radius 1 is 0.313 bits per heavy atom. The van der Waals surface area contributed by atoms with Gasteiger partial charge in [0.1, 0.15) is 16.2 Å². The van der Waals surface area contributed by atoms with Crippen molar-refractivity contribution in [3.8, 4) is 45.0 Å². The van der Waals surface area contributed by atoms with Gasteiger partial charge in [0, 0.05) is 67.7 Å². The fourth-order valence-corrected chi connectivity index (χ4v) is 13.9. The quantitative estimate of drug-likeness (QED) is 0.0343. The minimum atomic E-state index is -0.467. The number of hydrogen-bond acceptors (Lipinski definition) is 12. The third-order valence-corrected chi connectivity index (χ3v) is 19.5. The fraction of sp³-hybridized carbons (Fsp3) is 0. The number of aliphatic imine (C=N–C) groups is 2. The summed E-state index contributed by atoms with van der Waals surface area (Å²) < 4.78 is 0. The van der Waals surface area contributed by atoms with Gasteiger partial charge in [0.2, 0.25) is 0 Å². The average molecular weight is 1690 g/mol. The molecule has 0 bridgehead atoms. The van der Waals surface area contributed by atoms with Crippen LogP contribution < -0.4 is 5.73 Å². The number of aromatic nitrogens is 5. The standard InChI is InChI=1S/C26H18N2.C26H16N2.C19H12N2O2.C19H14N2.C9H5ClN2O2.Pt/c2*1-2-8-19(9-3-1)18-27-25-15-7-12-21-16-17-24(28-26(21)25)23-14-6-11-20-10-4-5-13-22(20)23;22-21(23)18-10-4-7-14-11-12-17(20-19(14)18)16-9-3-6-13-5-1-2-8-15(13)16;20-17-10-4-7-14-11-12-18(21-19(14)17)16-9-3-6-13-5-1-2-8-15(13)16;10-8-5-4-6-2-1-3-7(12(13)14)9(6)11-8;/h1-18H;1-8,10-12,14-18H;1-12H;1-12H,20H2;1-5H;/q;-2;;;;+2. The number of nitrogens with two attached hydrogens (primary N) is 1. The Hall–Kier alpha value is -14.7. The first kappa shape index (κ1) is 75.7. The third kappa shape index (κ3) is 17.1. The normalized spacial score (nSPS) is 11.0. The van der Waals surface area contributed by atoms with Crippen molar-refractivity contribution in [1.82, 2.24) is 24.9 Å². The number of pyridine rings is 5. The van der Waals surface area contributed by atoms with Crippen LogP contribution in [-0.4, -0.2) is 47.2 Å². The Balaban J connectivity index is 0.000000115. The monoisotopic (exact) mass is 1690 g/mol. The Morgan fingerprint density at radius 2 is 0.678 bits per heavy atom. The maximum absolute atomic E-state index is 11.2. The van der Waals surface area contributed by atoms with Crippen LogP contribution in [0.5, 0.6) is 0 Å². The van der Waals surface area contributed by atoms with Crippen molar-refractivity contribution in [3.05, 3.63) is 419 Å². The Kier molecular flexibility index (Phi) is 23.1. The van der Waals surface area contributed by atoms with Gasteiger partial charge in [0.15, 0.2) is 0 Å². The van der Waals surface area contributed by atoms with E-state index in [0.29, 0.717) is 16.4 Å². The molecule has 0 atom stereocenters. The first-order valence-electron chi connectivity index (χ1n) is 36.6. The minimum Gasteiger partial charge on any atom is -0.397 e. The largest absolute Gasteiger partial charge is 2.00 e. The van der Waals surface area contributed by atoms with Crippen molar-refractivity contribution < 1.29 is 30.9 Å². The van der Waals surface area contributed by atoms with E-state index in [2.05, 4.69) is 185 Å². The van der Waals surface area contributed by atoms with Crippen molar-refractivity contribution in [2.45, 2.75) is 0 Å². The molecule has 0 aliphatic heterocycles. The number of nitrogens with zero attached hydrogens (tertiary/aromatic N) is 9. The summed E-state index contributed by atoms with van der Waals surface area (Å²) in [5, 5.41) is 36.2. The van der Waals surface area contributed by atoms with Gasteiger partial charge in [-0.1, -0.05) is 278 Å². The Labute approximate surface area is 680 Å². The molecule has 5 aromatic heterocycles. The van der Waals surface area contributed by atoms with Gasteiger partial charge >= 0.3 is 21.1 Å². The van der Waals surface area contributed by atoms with E-state index in [0.717, 1.165) is 133 Å². The molecule has 0 spiro atoms. The molecule has 552 valence electrons. The number of non-ortho nitro benzene ring substituents is 2. The molecule has 0 fully saturated rings. The summed E-state index contributed by atoms with van der Waals surface area (Å²) in [6.45, 7) is 0. The molecule has 15 aromatic carbocycles. The van der Waals surface area contributed by atoms with E-state index in [1.165, 1.54) is 33.7 Å². The second-order valence-corrected chi connectivity index (χ2v) is 26.9. The van der Waals surface area contributed by atoms with Gasteiger partial charge in [0.25, 0.3) is 11.4 Å². The molecule has 0 aliphatic rings. The second kappa shape index (κ2) is 35.1. The van der Waals surface area contributed by atoms with E-state index >= 15 is 0 Å². The van der Waals surface area contributed by atoms with Crippen LogP contribution in [0.25, 0.3) is 143 Å². The predicted molar refractivity (Wildman–Crippen MR) is 468 cm³/mol. The molecule has 20 rings (SSSR count). The molecular weight excluding hydrogens is 1620 g/mol. The first-order chi connectivity index (χ1) is 56.0. The summed E-state index contributed by atoms with van der Waals surface area (Å²) in [6, 6.07) is 128. The smallest absolute Gasteiger partial charge is 0.397 e. The van der Waals surface area contributed by atoms with E-state index in [4.69, 9.17) is 37.3 Å². The Bertz CT molecular complexity index is 6850. The molecular formula is C99H65ClN10O4Pt. The topological polar surface area (TPSA) is 201 Å². The van der Waals surface area contributed by atoms with Crippen LogP contribution in [0.4, 0.5) is 28.4 Å². The van der Waals surface area contributed by atoms with Crippen molar-refractivity contribution in [1.29, 1.82) is 0 Å². The molecule has 14 nitrogen and oxygen atoms in total. The van der Waals surface area contributed by atoms with E-state index in [9.17, 15) is 20.2 Å². The van der Waals surface area contributed by atoms with Crippen molar-refractivity contribution >= 4 is 150 Å². The molecule has 5 heterocycles. The number of para-hydroxylation sites is 5. The SMILES string of the molecule is C(=Nc1cccc2ccc(-c3cccc4ccccc34)nc12)c1ccccc1.Nc1cccc2ccc(-c3cccc4ccccc34)nc12.O=[N+]([O-])c1cccc2ccc(-c3cccc4ccccc34)nc12.O=[N+]([O-])c1cccc2ccc(Cl)nc12.[Pt+2].[c-]1ccccc1C=Nc1cccc2ccc(-c3cccc4ccc[c-]c34)nc12. The zero-order valence-electron chi connectivity index (χ0n) is 61.3. The van der Waals surface area contributed by atoms with Gasteiger partial charge in [-0.25, -0.2) is 19.9 Å². The zero-order chi connectivity index (χ0) is 77.7. The van der Waals surface area contributed by atoms with Crippen LogP contribution >= 0.6 is 11.6 Å². The number of nitrogen functional groups attached to an aromatic ring is 1. The van der Waals surface area contributed by atoms with Crippen LogP contribution in [0.2, 0.25) is 5.15 Å². The van der Waals surface area contributed by atoms with E-state index < -0.39 is 4.92 Å². The van der Waals surface area contributed by atoms with Crippen molar-refractivity contribution in [2.75, 3.05) is 5.73 Å². The summed E-state index contributed by atoms with van der Waals surface area (Å²) in [4.78, 5) is 53.6. The minimum absolute atomic E-state index is 0. The maximum atomic E-state index is 11.2. The van der Waals surface area contributed by atoms with Crippen molar-refractivity contribution in [2.24, 2.45) is 9.98 Å². The first-order valence-corrected chi connectivity index (χ1v) is 37.0. The molecule has 0 radical (unpaired) electrons. The molecule has 0 aliphatic carbocycles. The van der Waals surface area contributed by atoms with Gasteiger partial charge in [0.05, 0.1) is 60.5 Å². The number of rotatable bonds is 10. The zero-order valence-corrected chi connectivity index (χ0v) is 64.3. The maximum Gasteiger partial charge on any atom is 2.00 e. The number of benzene rings is 15. The van der Waals surface area contributed by atoms with Gasteiger partial charge < -0.3 is 10.7 Å². The van der Waals surface area contributed by atoms with E-state index in [-0.39, 0.29) is 42.5 Å². The number of hydrogen-bond donors (Lipinski definition) is 1. The molecule has 20 aromatic rings. The van der Waals surface area contributed by atoms with E-state index in [1.807, 2.05) is 182 Å². The van der Waals surface area contributed by atoms with Gasteiger partial charge in [-0.2, -0.15) is 0 Å².